The van der Waals surface area contributed by atoms with Gasteiger partial charge in [0.2, 0.25) is 11.8 Å². The monoisotopic (exact) mass is 389 g/mol. The van der Waals surface area contributed by atoms with Gasteiger partial charge >= 0.3 is 0 Å². The Hall–Kier alpha value is -3.48. The Balaban J connectivity index is 1.30. The minimum Gasteiger partial charge on any atom is -0.324 e. The number of imide groups is 1. The molecule has 0 spiro atoms. The molecule has 1 fully saturated rings. The van der Waals surface area contributed by atoms with Gasteiger partial charge in [0.1, 0.15) is 6.54 Å². The normalized spacial score (nSPS) is 17.4. The number of hydrogen-bond acceptors (Lipinski definition) is 4. The highest BCUT2D eigenvalue weighted by molar-refractivity contribution is 6.22. The molecule has 2 aromatic rings. The number of carbonyl (C=O) groups is 4. The van der Waals surface area contributed by atoms with Crippen LogP contribution in [0.3, 0.4) is 0 Å². The Labute approximate surface area is 167 Å². The first-order valence-corrected chi connectivity index (χ1v) is 9.72. The van der Waals surface area contributed by atoms with Gasteiger partial charge < -0.3 is 10.2 Å². The zero-order valence-corrected chi connectivity index (χ0v) is 15.7. The van der Waals surface area contributed by atoms with E-state index in [-0.39, 0.29) is 18.4 Å². The van der Waals surface area contributed by atoms with Crippen molar-refractivity contribution in [2.45, 2.75) is 19.3 Å². The fourth-order valence-corrected chi connectivity index (χ4v) is 3.96. The van der Waals surface area contributed by atoms with Crippen LogP contribution in [0.5, 0.6) is 0 Å². The molecule has 2 aliphatic heterocycles. The molecular formula is C22H19N3O4. The summed E-state index contributed by atoms with van der Waals surface area (Å²) >= 11 is 0. The Morgan fingerprint density at radius 2 is 1.69 bits per heavy atom. The van der Waals surface area contributed by atoms with Crippen molar-refractivity contribution in [3.8, 4) is 0 Å². The molecule has 5 rings (SSSR count). The van der Waals surface area contributed by atoms with Crippen LogP contribution in [-0.2, 0) is 16.0 Å². The lowest BCUT2D eigenvalue weighted by molar-refractivity contribution is -0.119. The molecule has 1 saturated carbocycles. The van der Waals surface area contributed by atoms with E-state index in [9.17, 15) is 19.2 Å². The minimum atomic E-state index is -0.462. The van der Waals surface area contributed by atoms with Crippen molar-refractivity contribution in [1.29, 1.82) is 0 Å². The topological polar surface area (TPSA) is 86.8 Å². The van der Waals surface area contributed by atoms with Gasteiger partial charge in [0.25, 0.3) is 11.8 Å². The van der Waals surface area contributed by atoms with Crippen molar-refractivity contribution in [2.75, 3.05) is 23.3 Å². The Bertz CT molecular complexity index is 1040. The van der Waals surface area contributed by atoms with E-state index in [2.05, 4.69) is 5.32 Å². The smallest absolute Gasteiger partial charge is 0.262 e. The lowest BCUT2D eigenvalue weighted by Crippen LogP contribution is -2.37. The second kappa shape index (κ2) is 6.55. The van der Waals surface area contributed by atoms with Gasteiger partial charge in [-0.15, -0.1) is 0 Å². The third-order valence-electron chi connectivity index (χ3n) is 5.64. The number of nitrogens with one attached hydrogen (secondary N) is 1. The quantitative estimate of drug-likeness (QED) is 0.813. The molecule has 1 N–H and O–H groups in total. The molecule has 1 aliphatic carbocycles. The molecule has 2 heterocycles. The van der Waals surface area contributed by atoms with E-state index < -0.39 is 17.7 Å². The van der Waals surface area contributed by atoms with Crippen molar-refractivity contribution in [3.05, 3.63) is 59.2 Å². The lowest BCUT2D eigenvalue weighted by atomic mass is 10.1. The summed E-state index contributed by atoms with van der Waals surface area (Å²) in [5, 5.41) is 2.75. The van der Waals surface area contributed by atoms with Gasteiger partial charge in [-0.3, -0.25) is 24.1 Å². The molecule has 0 unspecified atom stereocenters. The summed E-state index contributed by atoms with van der Waals surface area (Å²) in [6, 6.07) is 12.0. The van der Waals surface area contributed by atoms with Crippen molar-refractivity contribution < 1.29 is 19.2 Å². The van der Waals surface area contributed by atoms with Crippen LogP contribution in [0.15, 0.2) is 42.5 Å². The van der Waals surface area contributed by atoms with Crippen LogP contribution in [0.4, 0.5) is 11.4 Å². The molecule has 0 radical (unpaired) electrons. The molecule has 3 aliphatic rings. The zero-order chi connectivity index (χ0) is 20.1. The number of amides is 4. The van der Waals surface area contributed by atoms with E-state index in [1.165, 1.54) is 0 Å². The number of rotatable bonds is 4. The van der Waals surface area contributed by atoms with Gasteiger partial charge in [-0.25, -0.2) is 0 Å². The van der Waals surface area contributed by atoms with Crippen LogP contribution < -0.4 is 10.2 Å². The number of carbonyl (C=O) groups excluding carboxylic acids is 4. The highest BCUT2D eigenvalue weighted by Crippen LogP contribution is 2.37. The van der Waals surface area contributed by atoms with E-state index in [0.717, 1.165) is 35.4 Å². The van der Waals surface area contributed by atoms with Gasteiger partial charge in [0.15, 0.2) is 0 Å². The lowest BCUT2D eigenvalue weighted by Gasteiger charge is -2.18. The molecule has 146 valence electrons. The summed E-state index contributed by atoms with van der Waals surface area (Å²) in [6.45, 7) is 0.311. The first-order chi connectivity index (χ1) is 14.0. The summed E-state index contributed by atoms with van der Waals surface area (Å²) in [5.74, 6) is -1.10. The number of hydrogen-bond donors (Lipinski definition) is 1. The molecule has 0 saturated heterocycles. The number of benzene rings is 2. The summed E-state index contributed by atoms with van der Waals surface area (Å²) < 4.78 is 0. The minimum absolute atomic E-state index is 0.132. The summed E-state index contributed by atoms with van der Waals surface area (Å²) in [4.78, 5) is 52.6. The third-order valence-corrected chi connectivity index (χ3v) is 5.64. The van der Waals surface area contributed by atoms with E-state index in [4.69, 9.17) is 0 Å². The first-order valence-electron chi connectivity index (χ1n) is 9.72. The van der Waals surface area contributed by atoms with Gasteiger partial charge in [-0.05, 0) is 49.1 Å². The molecule has 7 nitrogen and oxygen atoms in total. The number of fused-ring (bicyclic) bond motifs is 2. The second-order valence-electron chi connectivity index (χ2n) is 7.65. The van der Waals surface area contributed by atoms with Gasteiger partial charge in [0.05, 0.1) is 11.1 Å². The standard InChI is InChI=1S/C22H19N3O4/c26-19(12-25-21(28)16-3-1-2-4-17(16)22(25)29)23-15-8-7-13-9-10-24(18(13)11-15)20(27)14-5-6-14/h1-4,7-8,11,14H,5-6,9-10,12H2,(H,23,26). The average Bonchev–Trinajstić information content (AvgIpc) is 3.45. The molecule has 7 heteroatoms. The van der Waals surface area contributed by atoms with Crippen LogP contribution in [0.2, 0.25) is 0 Å². The SMILES string of the molecule is O=C(CN1C(=O)c2ccccc2C1=O)Nc1ccc2c(c1)N(C(=O)C1CC1)CC2. The predicted molar refractivity (Wildman–Crippen MR) is 106 cm³/mol. The van der Waals surface area contributed by atoms with E-state index in [1.807, 2.05) is 6.07 Å². The van der Waals surface area contributed by atoms with Crippen molar-refractivity contribution in [1.82, 2.24) is 4.90 Å². The van der Waals surface area contributed by atoms with Crippen molar-refractivity contribution in [2.24, 2.45) is 5.92 Å². The van der Waals surface area contributed by atoms with E-state index in [0.29, 0.717) is 23.4 Å². The van der Waals surface area contributed by atoms with Crippen LogP contribution in [-0.4, -0.2) is 41.6 Å². The van der Waals surface area contributed by atoms with Gasteiger partial charge in [-0.1, -0.05) is 18.2 Å². The number of anilines is 2. The summed E-state index contributed by atoms with van der Waals surface area (Å²) in [6.07, 6.45) is 2.69. The van der Waals surface area contributed by atoms with Gasteiger partial charge in [-0.2, -0.15) is 0 Å². The van der Waals surface area contributed by atoms with Crippen LogP contribution >= 0.6 is 0 Å². The van der Waals surface area contributed by atoms with Gasteiger partial charge in [0, 0.05) is 23.8 Å². The fourth-order valence-electron chi connectivity index (χ4n) is 3.96. The first kappa shape index (κ1) is 17.6. The molecule has 0 aromatic heterocycles. The highest BCUT2D eigenvalue weighted by atomic mass is 16.2. The number of nitrogens with zero attached hydrogens (tertiary/aromatic N) is 2. The Kier molecular flexibility index (Phi) is 3.97. The zero-order valence-electron chi connectivity index (χ0n) is 15.7. The highest BCUT2D eigenvalue weighted by Gasteiger charge is 2.37. The summed E-state index contributed by atoms with van der Waals surface area (Å²) in [5.41, 5.74) is 3.09. The van der Waals surface area contributed by atoms with Crippen LogP contribution in [0.1, 0.15) is 39.1 Å². The van der Waals surface area contributed by atoms with Crippen molar-refractivity contribution in [3.63, 3.8) is 0 Å². The maximum absolute atomic E-state index is 12.5. The molecule has 2 aromatic carbocycles. The predicted octanol–water partition coefficient (Wildman–Crippen LogP) is 2.22. The Morgan fingerprint density at radius 3 is 2.34 bits per heavy atom. The van der Waals surface area contributed by atoms with E-state index in [1.54, 1.807) is 41.3 Å². The fraction of sp³-hybridized carbons (Fsp3) is 0.273. The molecular weight excluding hydrogens is 370 g/mol. The largest absolute Gasteiger partial charge is 0.324 e. The Morgan fingerprint density at radius 1 is 1.00 bits per heavy atom. The van der Waals surface area contributed by atoms with Crippen molar-refractivity contribution >= 4 is 35.0 Å². The molecule has 0 atom stereocenters. The average molecular weight is 389 g/mol. The maximum atomic E-state index is 12.5. The second-order valence-corrected chi connectivity index (χ2v) is 7.65. The molecule has 0 bridgehead atoms. The summed E-state index contributed by atoms with van der Waals surface area (Å²) in [7, 11) is 0. The van der Waals surface area contributed by atoms with Crippen LogP contribution in [0.25, 0.3) is 0 Å². The van der Waals surface area contributed by atoms with E-state index >= 15 is 0 Å². The molecule has 29 heavy (non-hydrogen) atoms. The molecule has 4 amide bonds. The van der Waals surface area contributed by atoms with Crippen LogP contribution in [0, 0.1) is 5.92 Å². The third kappa shape index (κ3) is 2.99. The maximum Gasteiger partial charge on any atom is 0.262 e.